The molecule has 1 fully saturated rings. The van der Waals surface area contributed by atoms with Crippen LogP contribution in [0.25, 0.3) is 0 Å². The topological polar surface area (TPSA) is 85.8 Å². The molecule has 7 nitrogen and oxygen atoms in total. The number of hydrogen-bond acceptors (Lipinski definition) is 6. The average Bonchev–Trinajstić information content (AvgIpc) is 2.75. The Kier molecular flexibility index (Phi) is 7.68. The average molecular weight is 515 g/mol. The molecule has 1 amide bonds. The van der Waals surface area contributed by atoms with Gasteiger partial charge < -0.3 is 14.4 Å². The van der Waals surface area contributed by atoms with Crippen LogP contribution in [0.3, 0.4) is 0 Å². The van der Waals surface area contributed by atoms with Crippen molar-refractivity contribution in [2.24, 2.45) is 0 Å². The number of alkyl halides is 3. The third kappa shape index (κ3) is 7.33. The number of likely N-dealkylation sites (tertiary alicyclic amines) is 1. The largest absolute Gasteiger partial charge is 0.487 e. The standard InChI is InChI=1S/C24H29F3N2O5S/c1-23(2,3)34-22(30)29-11-9-16(10-12-29)17-13-20(24(25,26)27)21(28-14-17)15-33-18-5-7-19(8-6-18)35(4,31)32/h5-8,13-14,16H,9-12,15H2,1-4H3. The summed E-state index contributed by atoms with van der Waals surface area (Å²) in [7, 11) is -3.39. The lowest BCUT2D eigenvalue weighted by Crippen LogP contribution is -2.41. The summed E-state index contributed by atoms with van der Waals surface area (Å²) in [5.74, 6) is 0.0618. The summed E-state index contributed by atoms with van der Waals surface area (Å²) in [5.41, 5.74) is -1.30. The first-order valence-electron chi connectivity index (χ1n) is 11.1. The molecular weight excluding hydrogens is 485 g/mol. The van der Waals surface area contributed by atoms with Gasteiger partial charge in [0.1, 0.15) is 18.0 Å². The molecule has 2 heterocycles. The van der Waals surface area contributed by atoms with Crippen LogP contribution < -0.4 is 4.74 Å². The molecule has 0 bridgehead atoms. The molecule has 1 saturated heterocycles. The second-order valence-corrected chi connectivity index (χ2v) is 11.6. The minimum atomic E-state index is -4.63. The summed E-state index contributed by atoms with van der Waals surface area (Å²) in [5, 5.41) is 0. The number of carbonyl (C=O) groups excluding carboxylic acids is 1. The normalized spacial score (nSPS) is 15.7. The zero-order valence-electron chi connectivity index (χ0n) is 20.1. The Morgan fingerprint density at radius 3 is 2.23 bits per heavy atom. The number of carbonyl (C=O) groups is 1. The predicted molar refractivity (Wildman–Crippen MR) is 123 cm³/mol. The van der Waals surface area contributed by atoms with Gasteiger partial charge in [0, 0.05) is 25.5 Å². The number of benzene rings is 1. The fourth-order valence-corrected chi connectivity index (χ4v) is 4.38. The Labute approximate surface area is 203 Å². The summed E-state index contributed by atoms with van der Waals surface area (Å²) in [6, 6.07) is 6.53. The van der Waals surface area contributed by atoms with Crippen molar-refractivity contribution in [1.29, 1.82) is 0 Å². The van der Waals surface area contributed by atoms with Gasteiger partial charge >= 0.3 is 12.3 Å². The summed E-state index contributed by atoms with van der Waals surface area (Å²) in [4.78, 5) is 17.9. The van der Waals surface area contributed by atoms with Crippen molar-refractivity contribution in [3.05, 3.63) is 53.3 Å². The molecule has 1 aliphatic heterocycles. The van der Waals surface area contributed by atoms with E-state index in [9.17, 15) is 26.4 Å². The van der Waals surface area contributed by atoms with E-state index < -0.39 is 39.9 Å². The number of hydrogen-bond donors (Lipinski definition) is 0. The quantitative estimate of drug-likeness (QED) is 0.546. The van der Waals surface area contributed by atoms with Crippen molar-refractivity contribution in [3.63, 3.8) is 0 Å². The van der Waals surface area contributed by atoms with Crippen LogP contribution in [0.4, 0.5) is 18.0 Å². The molecule has 0 saturated carbocycles. The van der Waals surface area contributed by atoms with E-state index in [1.807, 2.05) is 0 Å². The first kappa shape index (κ1) is 26.8. The molecule has 192 valence electrons. The summed E-state index contributed by atoms with van der Waals surface area (Å²) in [6.45, 7) is 5.67. The highest BCUT2D eigenvalue weighted by Gasteiger charge is 2.36. The maximum atomic E-state index is 13.8. The van der Waals surface area contributed by atoms with Crippen molar-refractivity contribution < 1.29 is 35.9 Å². The summed E-state index contributed by atoms with van der Waals surface area (Å²) in [6.07, 6.45) is -1.57. The van der Waals surface area contributed by atoms with E-state index in [1.165, 1.54) is 30.5 Å². The molecule has 0 radical (unpaired) electrons. The van der Waals surface area contributed by atoms with Gasteiger partial charge in [-0.15, -0.1) is 0 Å². The molecule has 0 unspecified atom stereocenters. The lowest BCUT2D eigenvalue weighted by Gasteiger charge is -2.33. The fourth-order valence-electron chi connectivity index (χ4n) is 3.75. The smallest absolute Gasteiger partial charge is 0.418 e. The van der Waals surface area contributed by atoms with Crippen molar-refractivity contribution in [2.75, 3.05) is 19.3 Å². The molecule has 35 heavy (non-hydrogen) atoms. The molecule has 0 atom stereocenters. The number of pyridine rings is 1. The molecule has 3 rings (SSSR count). The fraction of sp³-hybridized carbons (Fsp3) is 0.500. The number of aromatic nitrogens is 1. The van der Waals surface area contributed by atoms with E-state index in [1.54, 1.807) is 25.7 Å². The number of ether oxygens (including phenoxy) is 2. The van der Waals surface area contributed by atoms with Crippen LogP contribution in [0.2, 0.25) is 0 Å². The van der Waals surface area contributed by atoms with Gasteiger partial charge in [-0.2, -0.15) is 13.2 Å². The number of amides is 1. The van der Waals surface area contributed by atoms with E-state index >= 15 is 0 Å². The molecule has 1 aliphatic rings. The summed E-state index contributed by atoms with van der Waals surface area (Å²) >= 11 is 0. The van der Waals surface area contributed by atoms with Crippen LogP contribution in [0.5, 0.6) is 5.75 Å². The van der Waals surface area contributed by atoms with Crippen LogP contribution in [0.1, 0.15) is 56.4 Å². The van der Waals surface area contributed by atoms with Crippen LogP contribution in [0.15, 0.2) is 41.4 Å². The van der Waals surface area contributed by atoms with Gasteiger partial charge in [-0.1, -0.05) is 0 Å². The lowest BCUT2D eigenvalue weighted by atomic mass is 9.89. The molecule has 11 heteroatoms. The van der Waals surface area contributed by atoms with Crippen LogP contribution in [-0.4, -0.2) is 49.3 Å². The Hall–Kier alpha value is -2.82. The second-order valence-electron chi connectivity index (χ2n) is 9.53. The van der Waals surface area contributed by atoms with E-state index in [4.69, 9.17) is 9.47 Å². The van der Waals surface area contributed by atoms with Gasteiger partial charge in [0.05, 0.1) is 16.2 Å². The number of halogens is 3. The van der Waals surface area contributed by atoms with Gasteiger partial charge in [-0.25, -0.2) is 13.2 Å². The molecule has 0 aliphatic carbocycles. The van der Waals surface area contributed by atoms with Crippen LogP contribution in [0, 0.1) is 0 Å². The monoisotopic (exact) mass is 514 g/mol. The zero-order chi connectivity index (χ0) is 26.0. The van der Waals surface area contributed by atoms with Crippen molar-refractivity contribution in [1.82, 2.24) is 9.88 Å². The molecule has 0 spiro atoms. The minimum Gasteiger partial charge on any atom is -0.487 e. The molecule has 1 aromatic carbocycles. The number of piperidine rings is 1. The van der Waals surface area contributed by atoms with Gasteiger partial charge in [0.25, 0.3) is 0 Å². The maximum Gasteiger partial charge on any atom is 0.418 e. The first-order valence-corrected chi connectivity index (χ1v) is 13.0. The van der Waals surface area contributed by atoms with E-state index in [0.29, 0.717) is 31.5 Å². The number of rotatable bonds is 5. The highest BCUT2D eigenvalue weighted by atomic mass is 32.2. The van der Waals surface area contributed by atoms with Gasteiger partial charge in [-0.05, 0) is 75.4 Å². The van der Waals surface area contributed by atoms with Gasteiger partial charge in [0.2, 0.25) is 0 Å². The molecular formula is C24H29F3N2O5S. The van der Waals surface area contributed by atoms with Crippen molar-refractivity contribution in [3.8, 4) is 5.75 Å². The Morgan fingerprint density at radius 2 is 1.71 bits per heavy atom. The SMILES string of the molecule is CC(C)(C)OC(=O)N1CCC(c2cnc(COc3ccc(S(C)(=O)=O)cc3)c(C(F)(F)F)c2)CC1. The van der Waals surface area contributed by atoms with Crippen LogP contribution in [-0.2, 0) is 27.4 Å². The van der Waals surface area contributed by atoms with E-state index in [0.717, 1.165) is 12.3 Å². The minimum absolute atomic E-state index is 0.0843. The molecule has 2 aromatic rings. The van der Waals surface area contributed by atoms with E-state index in [-0.39, 0.29) is 22.3 Å². The Bertz CT molecular complexity index is 1150. The first-order chi connectivity index (χ1) is 16.1. The van der Waals surface area contributed by atoms with Crippen molar-refractivity contribution in [2.45, 2.75) is 62.8 Å². The highest BCUT2D eigenvalue weighted by Crippen LogP contribution is 2.36. The predicted octanol–water partition coefficient (Wildman–Crippen LogP) is 5.20. The van der Waals surface area contributed by atoms with E-state index in [2.05, 4.69) is 4.98 Å². The summed E-state index contributed by atoms with van der Waals surface area (Å²) < 4.78 is 75.3. The van der Waals surface area contributed by atoms with Crippen molar-refractivity contribution >= 4 is 15.9 Å². The highest BCUT2D eigenvalue weighted by molar-refractivity contribution is 7.90. The number of sulfone groups is 1. The van der Waals surface area contributed by atoms with Gasteiger partial charge in [0.15, 0.2) is 9.84 Å². The Balaban J connectivity index is 1.70. The third-order valence-electron chi connectivity index (χ3n) is 5.54. The van der Waals surface area contributed by atoms with Crippen LogP contribution >= 0.6 is 0 Å². The second kappa shape index (κ2) is 10.0. The molecule has 1 aromatic heterocycles. The zero-order valence-corrected chi connectivity index (χ0v) is 20.9. The number of nitrogens with zero attached hydrogens (tertiary/aromatic N) is 2. The Morgan fingerprint density at radius 1 is 1.11 bits per heavy atom. The maximum absolute atomic E-state index is 13.8. The van der Waals surface area contributed by atoms with Gasteiger partial charge in [-0.3, -0.25) is 4.98 Å². The molecule has 0 N–H and O–H groups in total. The third-order valence-corrected chi connectivity index (χ3v) is 6.67. The lowest BCUT2D eigenvalue weighted by molar-refractivity contribution is -0.139.